The summed E-state index contributed by atoms with van der Waals surface area (Å²) in [5, 5.41) is 11.6. The van der Waals surface area contributed by atoms with Gasteiger partial charge in [-0.05, 0) is 39.5 Å². The Hall–Kier alpha value is -1.30. The van der Waals surface area contributed by atoms with Crippen molar-refractivity contribution in [2.75, 3.05) is 13.2 Å². The van der Waals surface area contributed by atoms with Crippen molar-refractivity contribution in [1.82, 2.24) is 5.32 Å². The minimum absolute atomic E-state index is 0.0940. The third-order valence-electron chi connectivity index (χ3n) is 3.88. The highest BCUT2D eigenvalue weighted by Gasteiger charge is 2.23. The second-order valence-corrected chi connectivity index (χ2v) is 7.65. The Labute approximate surface area is 152 Å². The van der Waals surface area contributed by atoms with Gasteiger partial charge >= 0.3 is 12.1 Å². The second-order valence-electron chi connectivity index (χ2n) is 7.65. The Bertz CT molecular complexity index is 379. The monoisotopic (exact) mass is 359 g/mol. The average Bonchev–Trinajstić information content (AvgIpc) is 2.47. The summed E-state index contributed by atoms with van der Waals surface area (Å²) in [7, 11) is 0. The normalized spacial score (nSPS) is 14.0. The fraction of sp³-hybridized carbons (Fsp3) is 0.895. The zero-order valence-electron chi connectivity index (χ0n) is 16.6. The molecule has 0 fully saturated rings. The molecule has 2 N–H and O–H groups in total. The highest BCUT2D eigenvalue weighted by molar-refractivity contribution is 5.68. The van der Waals surface area contributed by atoms with Crippen LogP contribution in [-0.2, 0) is 14.3 Å². The van der Waals surface area contributed by atoms with Crippen molar-refractivity contribution in [3.05, 3.63) is 0 Å². The van der Waals surface area contributed by atoms with Crippen molar-refractivity contribution in [3.63, 3.8) is 0 Å². The van der Waals surface area contributed by atoms with Gasteiger partial charge in [0, 0.05) is 13.0 Å². The lowest BCUT2D eigenvalue weighted by Crippen LogP contribution is -2.45. The van der Waals surface area contributed by atoms with E-state index in [-0.39, 0.29) is 18.4 Å². The Morgan fingerprint density at radius 3 is 2.36 bits per heavy atom. The molecule has 25 heavy (non-hydrogen) atoms. The standard InChI is InChI=1S/C19H37NO5/c1-6-7-8-9-11-15(2)16(14-24-13-10-12-17(21)22)20-18(23)25-19(3,4)5/h15-16H,6-14H2,1-5H3,(H,20,23)(H,21,22). The molecule has 0 aliphatic heterocycles. The smallest absolute Gasteiger partial charge is 0.407 e. The SMILES string of the molecule is CCCCCCC(C)C(COCCCC(=O)O)NC(=O)OC(C)(C)C. The molecule has 2 atom stereocenters. The summed E-state index contributed by atoms with van der Waals surface area (Å²) in [4.78, 5) is 22.6. The molecule has 6 nitrogen and oxygen atoms in total. The number of rotatable bonds is 13. The van der Waals surface area contributed by atoms with Gasteiger partial charge in [0.2, 0.25) is 0 Å². The fourth-order valence-electron chi connectivity index (χ4n) is 2.44. The summed E-state index contributed by atoms with van der Waals surface area (Å²) in [6.45, 7) is 10.5. The molecule has 6 heteroatoms. The Morgan fingerprint density at radius 2 is 1.80 bits per heavy atom. The number of carboxylic acid groups (broad SMARTS) is 1. The van der Waals surface area contributed by atoms with E-state index in [2.05, 4.69) is 19.2 Å². The van der Waals surface area contributed by atoms with Gasteiger partial charge in [0.15, 0.2) is 0 Å². The van der Waals surface area contributed by atoms with Crippen LogP contribution in [0.4, 0.5) is 4.79 Å². The van der Waals surface area contributed by atoms with Gasteiger partial charge in [0.05, 0.1) is 12.6 Å². The summed E-state index contributed by atoms with van der Waals surface area (Å²) in [6.07, 6.45) is 5.88. The van der Waals surface area contributed by atoms with Crippen molar-refractivity contribution in [3.8, 4) is 0 Å². The molecule has 0 saturated heterocycles. The molecule has 0 spiro atoms. The molecule has 0 aliphatic carbocycles. The van der Waals surface area contributed by atoms with E-state index in [1.807, 2.05) is 20.8 Å². The van der Waals surface area contributed by atoms with E-state index in [0.717, 1.165) is 12.8 Å². The highest BCUT2D eigenvalue weighted by atomic mass is 16.6. The number of aliphatic carboxylic acids is 1. The first-order valence-electron chi connectivity index (χ1n) is 9.44. The van der Waals surface area contributed by atoms with E-state index in [9.17, 15) is 9.59 Å². The van der Waals surface area contributed by atoms with Gasteiger partial charge in [-0.1, -0.05) is 39.5 Å². The maximum Gasteiger partial charge on any atom is 0.407 e. The van der Waals surface area contributed by atoms with Crippen LogP contribution in [0.5, 0.6) is 0 Å². The molecule has 0 aromatic heterocycles. The molecule has 2 unspecified atom stereocenters. The zero-order valence-corrected chi connectivity index (χ0v) is 16.6. The number of amides is 1. The number of alkyl carbamates (subject to hydrolysis) is 1. The lowest BCUT2D eigenvalue weighted by Gasteiger charge is -2.27. The number of nitrogens with one attached hydrogen (secondary N) is 1. The largest absolute Gasteiger partial charge is 0.481 e. The Balaban J connectivity index is 4.42. The van der Waals surface area contributed by atoms with E-state index in [4.69, 9.17) is 14.6 Å². The van der Waals surface area contributed by atoms with Gasteiger partial charge in [-0.15, -0.1) is 0 Å². The summed E-state index contributed by atoms with van der Waals surface area (Å²) in [6, 6.07) is -0.138. The van der Waals surface area contributed by atoms with Crippen LogP contribution >= 0.6 is 0 Å². The Kier molecular flexibility index (Phi) is 12.3. The van der Waals surface area contributed by atoms with E-state index in [0.29, 0.717) is 19.6 Å². The quantitative estimate of drug-likeness (QED) is 0.477. The van der Waals surface area contributed by atoms with Crippen LogP contribution in [0.15, 0.2) is 0 Å². The molecule has 148 valence electrons. The zero-order chi connectivity index (χ0) is 19.3. The van der Waals surface area contributed by atoms with Crippen molar-refractivity contribution in [2.24, 2.45) is 5.92 Å². The number of carboxylic acids is 1. The summed E-state index contributed by atoms with van der Waals surface area (Å²) < 4.78 is 10.9. The predicted octanol–water partition coefficient (Wildman–Crippen LogP) is 4.37. The molecule has 0 rings (SSSR count). The third kappa shape index (κ3) is 14.7. The van der Waals surface area contributed by atoms with E-state index in [1.165, 1.54) is 19.3 Å². The van der Waals surface area contributed by atoms with Crippen molar-refractivity contribution >= 4 is 12.1 Å². The first-order chi connectivity index (χ1) is 11.7. The molecule has 0 heterocycles. The highest BCUT2D eigenvalue weighted by Crippen LogP contribution is 2.16. The van der Waals surface area contributed by atoms with Crippen LogP contribution < -0.4 is 5.32 Å². The summed E-state index contributed by atoms with van der Waals surface area (Å²) >= 11 is 0. The molecule has 0 radical (unpaired) electrons. The van der Waals surface area contributed by atoms with Gasteiger partial charge in [0.1, 0.15) is 5.60 Å². The predicted molar refractivity (Wildman–Crippen MR) is 98.8 cm³/mol. The fourth-order valence-corrected chi connectivity index (χ4v) is 2.44. The molecule has 0 saturated carbocycles. The number of carbonyl (C=O) groups excluding carboxylic acids is 1. The summed E-state index contributed by atoms with van der Waals surface area (Å²) in [5.74, 6) is -0.555. The molecule has 0 aromatic carbocycles. The van der Waals surface area contributed by atoms with E-state index < -0.39 is 17.7 Å². The lowest BCUT2D eigenvalue weighted by atomic mass is 9.95. The van der Waals surface area contributed by atoms with Crippen LogP contribution in [-0.4, -0.2) is 42.0 Å². The average molecular weight is 360 g/mol. The van der Waals surface area contributed by atoms with E-state index >= 15 is 0 Å². The van der Waals surface area contributed by atoms with Gasteiger partial charge < -0.3 is 19.9 Å². The second kappa shape index (κ2) is 13.0. The van der Waals surface area contributed by atoms with Crippen LogP contribution in [0.3, 0.4) is 0 Å². The topological polar surface area (TPSA) is 84.9 Å². The summed E-state index contributed by atoms with van der Waals surface area (Å²) in [5.41, 5.74) is -0.540. The van der Waals surface area contributed by atoms with Crippen LogP contribution in [0, 0.1) is 5.92 Å². The van der Waals surface area contributed by atoms with Crippen molar-refractivity contribution in [2.45, 2.75) is 91.2 Å². The first kappa shape index (κ1) is 23.7. The number of carbonyl (C=O) groups is 2. The Morgan fingerprint density at radius 1 is 1.12 bits per heavy atom. The molecule has 1 amide bonds. The van der Waals surface area contributed by atoms with Gasteiger partial charge in [-0.25, -0.2) is 4.79 Å². The molecular formula is C19H37NO5. The van der Waals surface area contributed by atoms with Crippen molar-refractivity contribution < 1.29 is 24.2 Å². The molecule has 0 aromatic rings. The van der Waals surface area contributed by atoms with Gasteiger partial charge in [-0.3, -0.25) is 4.79 Å². The third-order valence-corrected chi connectivity index (χ3v) is 3.88. The number of hydrogen-bond donors (Lipinski definition) is 2. The van der Waals surface area contributed by atoms with Gasteiger partial charge in [0.25, 0.3) is 0 Å². The molecular weight excluding hydrogens is 322 g/mol. The number of ether oxygens (including phenoxy) is 2. The minimum atomic E-state index is -0.823. The van der Waals surface area contributed by atoms with E-state index in [1.54, 1.807) is 0 Å². The minimum Gasteiger partial charge on any atom is -0.481 e. The van der Waals surface area contributed by atoms with Gasteiger partial charge in [-0.2, -0.15) is 0 Å². The van der Waals surface area contributed by atoms with Crippen LogP contribution in [0.2, 0.25) is 0 Å². The first-order valence-corrected chi connectivity index (χ1v) is 9.44. The van der Waals surface area contributed by atoms with Crippen LogP contribution in [0.25, 0.3) is 0 Å². The lowest BCUT2D eigenvalue weighted by molar-refractivity contribution is -0.137. The molecule has 0 bridgehead atoms. The van der Waals surface area contributed by atoms with Crippen LogP contribution in [0.1, 0.15) is 79.6 Å². The maximum absolute atomic E-state index is 12.1. The maximum atomic E-state index is 12.1. The number of hydrogen-bond acceptors (Lipinski definition) is 4. The molecule has 0 aliphatic rings. The van der Waals surface area contributed by atoms with Crippen molar-refractivity contribution in [1.29, 1.82) is 0 Å². The number of unbranched alkanes of at least 4 members (excludes halogenated alkanes) is 3.